The Morgan fingerprint density at radius 2 is 1.94 bits per heavy atom. The van der Waals surface area contributed by atoms with Crippen molar-refractivity contribution in [2.45, 2.75) is 5.16 Å². The fraction of sp³-hybridized carbons (Fsp3) is 0.100. The van der Waals surface area contributed by atoms with Crippen LogP contribution in [0.2, 0.25) is 5.02 Å². The molecular weight excluding hydrogens is 278 g/mol. The van der Waals surface area contributed by atoms with Gasteiger partial charge in [-0.2, -0.15) is 5.10 Å². The molecule has 1 heterocycles. The van der Waals surface area contributed by atoms with Gasteiger partial charge < -0.3 is 0 Å². The summed E-state index contributed by atoms with van der Waals surface area (Å²) >= 11 is 5.68. The van der Waals surface area contributed by atoms with E-state index >= 15 is 0 Å². The lowest BCUT2D eigenvalue weighted by atomic mass is 10.1. The lowest BCUT2D eigenvalue weighted by Crippen LogP contribution is -2.17. The molecule has 0 aliphatic heterocycles. The predicted molar refractivity (Wildman–Crippen MR) is 64.2 cm³/mol. The number of rotatable bonds is 4. The van der Waals surface area contributed by atoms with Crippen LogP contribution < -0.4 is 0 Å². The second kappa shape index (κ2) is 4.87. The molecule has 6 nitrogen and oxygen atoms in total. The molecule has 94 valence electrons. The van der Waals surface area contributed by atoms with E-state index in [1.807, 2.05) is 0 Å². The number of benzene rings is 1. The van der Waals surface area contributed by atoms with E-state index in [4.69, 9.17) is 11.6 Å². The van der Waals surface area contributed by atoms with E-state index < -0.39 is 21.4 Å². The first-order chi connectivity index (χ1) is 8.49. The quantitative estimate of drug-likeness (QED) is 0.850. The number of aromatic nitrogens is 3. The third kappa shape index (κ3) is 2.74. The number of carbonyl (C=O) groups is 1. The summed E-state index contributed by atoms with van der Waals surface area (Å²) in [6.07, 6.45) is 1.07. The normalized spacial score (nSPS) is 11.4. The summed E-state index contributed by atoms with van der Waals surface area (Å²) < 4.78 is 23.5. The highest BCUT2D eigenvalue weighted by Gasteiger charge is 2.22. The van der Waals surface area contributed by atoms with Crippen molar-refractivity contribution in [1.29, 1.82) is 0 Å². The van der Waals surface area contributed by atoms with Gasteiger partial charge in [0, 0.05) is 10.6 Å². The van der Waals surface area contributed by atoms with Crippen molar-refractivity contribution in [2.24, 2.45) is 0 Å². The van der Waals surface area contributed by atoms with E-state index in [-0.39, 0.29) is 10.7 Å². The van der Waals surface area contributed by atoms with Crippen LogP contribution >= 0.6 is 11.6 Å². The third-order valence-electron chi connectivity index (χ3n) is 2.17. The number of nitrogens with one attached hydrogen (secondary N) is 1. The lowest BCUT2D eigenvalue weighted by Gasteiger charge is -2.01. The minimum absolute atomic E-state index is 0.280. The zero-order chi connectivity index (χ0) is 13.2. The van der Waals surface area contributed by atoms with Gasteiger partial charge >= 0.3 is 0 Å². The van der Waals surface area contributed by atoms with E-state index in [1.54, 1.807) is 0 Å². The van der Waals surface area contributed by atoms with Crippen LogP contribution in [0.25, 0.3) is 0 Å². The Hall–Kier alpha value is -1.73. The van der Waals surface area contributed by atoms with Gasteiger partial charge in [0.05, 0.1) is 0 Å². The van der Waals surface area contributed by atoms with Crippen LogP contribution in [0, 0.1) is 0 Å². The van der Waals surface area contributed by atoms with Gasteiger partial charge in [-0.25, -0.2) is 13.4 Å². The van der Waals surface area contributed by atoms with Gasteiger partial charge in [-0.15, -0.1) is 0 Å². The Kier molecular flexibility index (Phi) is 3.44. The van der Waals surface area contributed by atoms with Crippen molar-refractivity contribution in [3.05, 3.63) is 41.2 Å². The van der Waals surface area contributed by atoms with Crippen LogP contribution in [0.3, 0.4) is 0 Å². The summed E-state index contributed by atoms with van der Waals surface area (Å²) in [5.74, 6) is -1.19. The second-order valence-electron chi connectivity index (χ2n) is 3.48. The molecule has 0 bridgehead atoms. The van der Waals surface area contributed by atoms with E-state index in [0.29, 0.717) is 5.02 Å². The zero-order valence-corrected chi connectivity index (χ0v) is 10.6. The maximum Gasteiger partial charge on any atom is 0.243 e. The largest absolute Gasteiger partial charge is 0.293 e. The van der Waals surface area contributed by atoms with Crippen LogP contribution in [-0.4, -0.2) is 35.1 Å². The minimum atomic E-state index is -3.79. The summed E-state index contributed by atoms with van der Waals surface area (Å²) in [6, 6.07) is 5.99. The maximum atomic E-state index is 11.8. The van der Waals surface area contributed by atoms with Crippen LogP contribution in [0.4, 0.5) is 0 Å². The van der Waals surface area contributed by atoms with E-state index in [1.165, 1.54) is 24.3 Å². The highest BCUT2D eigenvalue weighted by molar-refractivity contribution is 7.92. The van der Waals surface area contributed by atoms with Gasteiger partial charge in [0.15, 0.2) is 5.78 Å². The molecule has 18 heavy (non-hydrogen) atoms. The highest BCUT2D eigenvalue weighted by Crippen LogP contribution is 2.12. The SMILES string of the molecule is O=C(CS(=O)(=O)c1ncn[nH]1)c1ccc(Cl)cc1. The monoisotopic (exact) mass is 285 g/mol. The third-order valence-corrected chi connectivity index (χ3v) is 3.85. The zero-order valence-electron chi connectivity index (χ0n) is 9.00. The molecule has 0 unspecified atom stereocenters. The molecule has 2 rings (SSSR count). The lowest BCUT2D eigenvalue weighted by molar-refractivity contribution is 0.102. The number of H-pyrrole nitrogens is 1. The standard InChI is InChI=1S/C10H8ClN3O3S/c11-8-3-1-7(2-4-8)9(15)5-18(16,17)10-12-6-13-14-10/h1-4,6H,5H2,(H,12,13,14). The second-order valence-corrected chi connectivity index (χ2v) is 5.82. The molecule has 1 aromatic carbocycles. The first-order valence-electron chi connectivity index (χ1n) is 4.86. The fourth-order valence-electron chi connectivity index (χ4n) is 1.30. The molecule has 2 aromatic rings. The van der Waals surface area contributed by atoms with Crippen molar-refractivity contribution in [3.63, 3.8) is 0 Å². The van der Waals surface area contributed by atoms with Crippen LogP contribution in [0.15, 0.2) is 35.7 Å². The Morgan fingerprint density at radius 3 is 2.50 bits per heavy atom. The van der Waals surface area contributed by atoms with Gasteiger partial charge in [0.25, 0.3) is 0 Å². The van der Waals surface area contributed by atoms with Gasteiger partial charge in [-0.05, 0) is 24.3 Å². The topological polar surface area (TPSA) is 92.8 Å². The van der Waals surface area contributed by atoms with Gasteiger partial charge in [-0.3, -0.25) is 9.89 Å². The molecule has 1 N–H and O–H groups in total. The molecule has 0 radical (unpaired) electrons. The number of hydrogen-bond donors (Lipinski definition) is 1. The number of hydrogen-bond acceptors (Lipinski definition) is 5. The molecule has 0 spiro atoms. The van der Waals surface area contributed by atoms with Crippen molar-refractivity contribution in [1.82, 2.24) is 15.2 Å². The average molecular weight is 286 g/mol. The summed E-state index contributed by atoms with van der Waals surface area (Å²) in [5.41, 5.74) is 0.280. The first kappa shape index (κ1) is 12.7. The molecule has 0 amide bonds. The average Bonchev–Trinajstić information content (AvgIpc) is 2.83. The molecule has 0 aliphatic rings. The summed E-state index contributed by atoms with van der Waals surface area (Å²) in [4.78, 5) is 15.3. The van der Waals surface area contributed by atoms with Gasteiger partial charge in [-0.1, -0.05) is 11.6 Å². The minimum Gasteiger partial charge on any atom is -0.293 e. The van der Waals surface area contributed by atoms with E-state index in [9.17, 15) is 13.2 Å². The smallest absolute Gasteiger partial charge is 0.243 e. The molecule has 0 fully saturated rings. The van der Waals surface area contributed by atoms with Crippen LogP contribution in [-0.2, 0) is 9.84 Å². The Labute approximate surface area is 108 Å². The van der Waals surface area contributed by atoms with Gasteiger partial charge in [0.2, 0.25) is 15.0 Å². The Balaban J connectivity index is 2.20. The number of aromatic amines is 1. The summed E-state index contributed by atoms with van der Waals surface area (Å²) in [6.45, 7) is 0. The molecule has 1 aromatic heterocycles. The van der Waals surface area contributed by atoms with Crippen molar-refractivity contribution in [3.8, 4) is 0 Å². The molecule has 0 atom stereocenters. The maximum absolute atomic E-state index is 11.8. The number of Topliss-reactive ketones (excluding diaryl/α,β-unsaturated/α-hetero) is 1. The Bertz CT molecular complexity index is 650. The van der Waals surface area contributed by atoms with E-state index in [2.05, 4.69) is 15.2 Å². The number of nitrogens with zero attached hydrogens (tertiary/aromatic N) is 2. The van der Waals surface area contributed by atoms with Crippen molar-refractivity contribution < 1.29 is 13.2 Å². The fourth-order valence-corrected chi connectivity index (χ4v) is 2.48. The summed E-state index contributed by atoms with van der Waals surface area (Å²) in [5, 5.41) is 5.82. The molecule has 8 heteroatoms. The molecule has 0 saturated heterocycles. The van der Waals surface area contributed by atoms with Crippen LogP contribution in [0.1, 0.15) is 10.4 Å². The molecule has 0 aliphatic carbocycles. The number of sulfone groups is 1. The molecular formula is C10H8ClN3O3S. The van der Waals surface area contributed by atoms with Gasteiger partial charge in [0.1, 0.15) is 12.1 Å². The van der Waals surface area contributed by atoms with Crippen molar-refractivity contribution >= 4 is 27.2 Å². The predicted octanol–water partition coefficient (Wildman–Crippen LogP) is 1.11. The van der Waals surface area contributed by atoms with Crippen LogP contribution in [0.5, 0.6) is 0 Å². The molecule has 0 saturated carbocycles. The summed E-state index contributed by atoms with van der Waals surface area (Å²) in [7, 11) is -3.79. The number of ketones is 1. The number of carbonyl (C=O) groups excluding carboxylic acids is 1. The first-order valence-corrected chi connectivity index (χ1v) is 6.89. The van der Waals surface area contributed by atoms with E-state index in [0.717, 1.165) is 6.33 Å². The highest BCUT2D eigenvalue weighted by atomic mass is 35.5. The van der Waals surface area contributed by atoms with Crippen molar-refractivity contribution in [2.75, 3.05) is 5.75 Å². The number of halogens is 1. The Morgan fingerprint density at radius 1 is 1.28 bits per heavy atom.